The molecule has 1 fully saturated rings. The molecule has 0 atom stereocenters. The number of nitrogens with zero attached hydrogens (tertiary/aromatic N) is 1. The van der Waals surface area contributed by atoms with Crippen LogP contribution in [0.1, 0.15) is 5.56 Å². The van der Waals surface area contributed by atoms with Crippen molar-refractivity contribution in [3.8, 4) is 0 Å². The average molecular weight is 452 g/mol. The van der Waals surface area contributed by atoms with Crippen LogP contribution in [-0.4, -0.2) is 42.7 Å². The minimum absolute atomic E-state index is 0.664. The summed E-state index contributed by atoms with van der Waals surface area (Å²) < 4.78 is 0.958. The van der Waals surface area contributed by atoms with E-state index in [0.717, 1.165) is 48.0 Å². The number of piperazine rings is 1. The predicted octanol–water partition coefficient (Wildman–Crippen LogP) is 3.71. The number of rotatable bonds is 4. The number of anilines is 1. The van der Waals surface area contributed by atoms with Gasteiger partial charge in [-0.05, 0) is 42.1 Å². The standard InChI is InChI=1S/C20H21BrClN3S/c21-17-8-9-19(18(22)15-17)23-20(26)25-13-11-24(12-14-25)10-4-7-16-5-2-1-3-6-16/h1-9,15H,10-14H2,(H,23,26)/p+1/b7-4+. The van der Waals surface area contributed by atoms with E-state index in [1.807, 2.05) is 24.3 Å². The van der Waals surface area contributed by atoms with Crippen molar-refractivity contribution >= 4 is 56.6 Å². The Morgan fingerprint density at radius 1 is 1.19 bits per heavy atom. The third-order valence-electron chi connectivity index (χ3n) is 4.45. The molecule has 0 amide bonds. The summed E-state index contributed by atoms with van der Waals surface area (Å²) in [6, 6.07) is 16.2. The van der Waals surface area contributed by atoms with Gasteiger partial charge in [-0.15, -0.1) is 0 Å². The van der Waals surface area contributed by atoms with Gasteiger partial charge in [0.25, 0.3) is 0 Å². The first-order valence-electron chi connectivity index (χ1n) is 8.68. The Labute approximate surface area is 173 Å². The lowest BCUT2D eigenvalue weighted by Gasteiger charge is -2.33. The molecule has 2 aromatic rings. The zero-order valence-corrected chi connectivity index (χ0v) is 17.6. The first kappa shape index (κ1) is 19.4. The molecule has 1 aliphatic heterocycles. The second kappa shape index (κ2) is 9.51. The fraction of sp³-hybridized carbons (Fsp3) is 0.250. The van der Waals surface area contributed by atoms with Gasteiger partial charge in [0.15, 0.2) is 5.11 Å². The van der Waals surface area contributed by atoms with Crippen LogP contribution in [0.4, 0.5) is 5.69 Å². The van der Waals surface area contributed by atoms with Crippen LogP contribution in [0.2, 0.25) is 5.02 Å². The molecular weight excluding hydrogens is 430 g/mol. The summed E-state index contributed by atoms with van der Waals surface area (Å²) in [5, 5.41) is 4.68. The summed E-state index contributed by atoms with van der Waals surface area (Å²) in [5.74, 6) is 0. The Balaban J connectivity index is 1.45. The number of hydrogen-bond acceptors (Lipinski definition) is 1. The van der Waals surface area contributed by atoms with Gasteiger partial charge >= 0.3 is 0 Å². The van der Waals surface area contributed by atoms with Crippen LogP contribution in [0.3, 0.4) is 0 Å². The predicted molar refractivity (Wildman–Crippen MR) is 118 cm³/mol. The summed E-state index contributed by atoms with van der Waals surface area (Å²) in [5.41, 5.74) is 2.10. The molecule has 0 saturated carbocycles. The summed E-state index contributed by atoms with van der Waals surface area (Å²) >= 11 is 15.2. The maximum atomic E-state index is 6.26. The van der Waals surface area contributed by atoms with Crippen molar-refractivity contribution in [2.75, 3.05) is 38.0 Å². The van der Waals surface area contributed by atoms with Crippen LogP contribution in [0.5, 0.6) is 0 Å². The average Bonchev–Trinajstić information content (AvgIpc) is 2.65. The molecule has 3 rings (SSSR count). The molecule has 0 aliphatic carbocycles. The summed E-state index contributed by atoms with van der Waals surface area (Å²) in [4.78, 5) is 3.80. The number of hydrogen-bond donors (Lipinski definition) is 2. The summed E-state index contributed by atoms with van der Waals surface area (Å²) in [6.07, 6.45) is 4.46. The maximum Gasteiger partial charge on any atom is 0.173 e. The number of nitrogens with one attached hydrogen (secondary N) is 2. The molecule has 3 nitrogen and oxygen atoms in total. The Bertz CT molecular complexity index is 774. The van der Waals surface area contributed by atoms with Crippen molar-refractivity contribution in [1.82, 2.24) is 4.90 Å². The van der Waals surface area contributed by atoms with Gasteiger partial charge in [0.05, 0.1) is 43.4 Å². The van der Waals surface area contributed by atoms with Crippen molar-refractivity contribution < 1.29 is 4.90 Å². The van der Waals surface area contributed by atoms with Crippen LogP contribution < -0.4 is 10.2 Å². The second-order valence-electron chi connectivity index (χ2n) is 6.31. The highest BCUT2D eigenvalue weighted by Crippen LogP contribution is 2.25. The largest absolute Gasteiger partial charge is 0.338 e. The SMILES string of the molecule is S=C(Nc1ccc(Br)cc1Cl)N1CC[NH+](C/C=C/c2ccccc2)CC1. The van der Waals surface area contributed by atoms with Crippen molar-refractivity contribution in [2.24, 2.45) is 0 Å². The Kier molecular flexibility index (Phi) is 7.08. The van der Waals surface area contributed by atoms with Gasteiger partial charge in [0, 0.05) is 4.47 Å². The highest BCUT2D eigenvalue weighted by Gasteiger charge is 2.21. The van der Waals surface area contributed by atoms with Crippen LogP contribution >= 0.6 is 39.7 Å². The lowest BCUT2D eigenvalue weighted by atomic mass is 10.2. The minimum Gasteiger partial charge on any atom is -0.338 e. The lowest BCUT2D eigenvalue weighted by molar-refractivity contribution is -0.897. The van der Waals surface area contributed by atoms with Gasteiger partial charge in [0.2, 0.25) is 0 Å². The monoisotopic (exact) mass is 450 g/mol. The van der Waals surface area contributed by atoms with Crippen LogP contribution in [0.25, 0.3) is 6.08 Å². The van der Waals surface area contributed by atoms with Gasteiger partial charge in [0.1, 0.15) is 0 Å². The van der Waals surface area contributed by atoms with E-state index in [1.165, 1.54) is 5.56 Å². The molecule has 2 N–H and O–H groups in total. The van der Waals surface area contributed by atoms with Gasteiger partial charge < -0.3 is 15.1 Å². The van der Waals surface area contributed by atoms with Crippen molar-refractivity contribution in [2.45, 2.75) is 0 Å². The molecule has 2 aromatic carbocycles. The number of quaternary nitrogens is 1. The number of thiocarbonyl (C=S) groups is 1. The fourth-order valence-corrected chi connectivity index (χ4v) is 3.95. The van der Waals surface area contributed by atoms with Crippen molar-refractivity contribution in [1.29, 1.82) is 0 Å². The lowest BCUT2D eigenvalue weighted by Crippen LogP contribution is -3.14. The Morgan fingerprint density at radius 3 is 2.62 bits per heavy atom. The van der Waals surface area contributed by atoms with Gasteiger partial charge in [-0.25, -0.2) is 0 Å². The topological polar surface area (TPSA) is 19.7 Å². The third-order valence-corrected chi connectivity index (χ3v) is 5.61. The van der Waals surface area contributed by atoms with Crippen LogP contribution in [0, 0.1) is 0 Å². The molecule has 1 aliphatic rings. The normalized spacial score (nSPS) is 15.4. The quantitative estimate of drug-likeness (QED) is 0.691. The van der Waals surface area contributed by atoms with Gasteiger partial charge in [-0.2, -0.15) is 0 Å². The van der Waals surface area contributed by atoms with Crippen molar-refractivity contribution in [3.05, 3.63) is 69.7 Å². The molecule has 0 radical (unpaired) electrons. The first-order valence-corrected chi connectivity index (χ1v) is 10.3. The van der Waals surface area contributed by atoms with E-state index in [-0.39, 0.29) is 0 Å². The fourth-order valence-electron chi connectivity index (χ4n) is 2.94. The molecule has 136 valence electrons. The van der Waals surface area contributed by atoms with E-state index in [2.05, 4.69) is 62.6 Å². The minimum atomic E-state index is 0.664. The zero-order valence-electron chi connectivity index (χ0n) is 14.4. The number of halogens is 2. The van der Waals surface area contributed by atoms with Crippen LogP contribution in [0.15, 0.2) is 59.1 Å². The van der Waals surface area contributed by atoms with E-state index in [4.69, 9.17) is 23.8 Å². The molecule has 0 aromatic heterocycles. The second-order valence-corrected chi connectivity index (χ2v) is 8.02. The molecule has 0 spiro atoms. The Hall–Kier alpha value is -1.40. The summed E-state index contributed by atoms with van der Waals surface area (Å²) in [6.45, 7) is 5.11. The van der Waals surface area contributed by atoms with E-state index < -0.39 is 0 Å². The van der Waals surface area contributed by atoms with Crippen LogP contribution in [-0.2, 0) is 0 Å². The maximum absolute atomic E-state index is 6.26. The summed E-state index contributed by atoms with van der Waals surface area (Å²) in [7, 11) is 0. The highest BCUT2D eigenvalue weighted by atomic mass is 79.9. The molecule has 26 heavy (non-hydrogen) atoms. The number of benzene rings is 2. The molecule has 6 heteroatoms. The van der Waals surface area contributed by atoms with Crippen molar-refractivity contribution in [3.63, 3.8) is 0 Å². The molecule has 0 unspecified atom stereocenters. The van der Waals surface area contributed by atoms with E-state index >= 15 is 0 Å². The van der Waals surface area contributed by atoms with E-state index in [9.17, 15) is 0 Å². The van der Waals surface area contributed by atoms with Gasteiger partial charge in [-0.3, -0.25) is 0 Å². The van der Waals surface area contributed by atoms with E-state index in [1.54, 1.807) is 4.90 Å². The zero-order chi connectivity index (χ0) is 18.4. The third kappa shape index (κ3) is 5.55. The highest BCUT2D eigenvalue weighted by molar-refractivity contribution is 9.10. The smallest absolute Gasteiger partial charge is 0.173 e. The van der Waals surface area contributed by atoms with Gasteiger partial charge in [-0.1, -0.05) is 63.9 Å². The van der Waals surface area contributed by atoms with E-state index in [0.29, 0.717) is 5.02 Å². The first-order chi connectivity index (χ1) is 12.6. The molecule has 0 bridgehead atoms. The molecule has 1 heterocycles. The molecular formula is C20H22BrClN3S+. The molecule has 1 saturated heterocycles. The Morgan fingerprint density at radius 2 is 1.92 bits per heavy atom.